The smallest absolute Gasteiger partial charge is 0.104 e. The largest absolute Gasteiger partial charge is 0.502 e. The molecular formula is C21H38O3. The summed E-state index contributed by atoms with van der Waals surface area (Å²) in [6.45, 7) is 8.41. The van der Waals surface area contributed by atoms with E-state index in [0.717, 1.165) is 32.2 Å². The molecule has 0 N–H and O–H groups in total. The Morgan fingerprint density at radius 3 is 2.50 bits per heavy atom. The first-order valence-corrected chi connectivity index (χ1v) is 10.3. The van der Waals surface area contributed by atoms with E-state index in [4.69, 9.17) is 14.2 Å². The van der Waals surface area contributed by atoms with E-state index in [-0.39, 0.29) is 5.60 Å². The molecule has 1 saturated carbocycles. The molecule has 1 aliphatic carbocycles. The van der Waals surface area contributed by atoms with Crippen molar-refractivity contribution in [3.63, 3.8) is 0 Å². The second-order valence-electron chi connectivity index (χ2n) is 7.62. The van der Waals surface area contributed by atoms with E-state index in [9.17, 15) is 0 Å². The summed E-state index contributed by atoms with van der Waals surface area (Å²) < 4.78 is 17.2. The molecule has 2 fully saturated rings. The van der Waals surface area contributed by atoms with Crippen molar-refractivity contribution in [2.45, 2.75) is 95.7 Å². The molecule has 0 aromatic heterocycles. The molecule has 2 atom stereocenters. The number of hydrogen-bond donors (Lipinski definition) is 0. The highest BCUT2D eigenvalue weighted by Gasteiger charge is 2.40. The van der Waals surface area contributed by atoms with Crippen molar-refractivity contribution in [3.05, 3.63) is 12.8 Å². The molecule has 1 aliphatic heterocycles. The molecule has 0 aromatic carbocycles. The lowest BCUT2D eigenvalue weighted by atomic mass is 9.72. The first-order valence-electron chi connectivity index (χ1n) is 10.3. The fourth-order valence-corrected chi connectivity index (χ4v) is 4.32. The summed E-state index contributed by atoms with van der Waals surface area (Å²) in [4.78, 5) is 0. The molecule has 2 unspecified atom stereocenters. The van der Waals surface area contributed by atoms with Crippen molar-refractivity contribution in [1.29, 1.82) is 0 Å². The van der Waals surface area contributed by atoms with Gasteiger partial charge < -0.3 is 14.2 Å². The van der Waals surface area contributed by atoms with Crippen LogP contribution in [-0.4, -0.2) is 31.5 Å². The molecule has 3 heteroatoms. The first-order chi connectivity index (χ1) is 11.8. The van der Waals surface area contributed by atoms with Gasteiger partial charge in [0, 0.05) is 0 Å². The van der Waals surface area contributed by atoms with E-state index in [2.05, 4.69) is 13.5 Å². The van der Waals surface area contributed by atoms with Gasteiger partial charge in [0.05, 0.1) is 31.7 Å². The molecule has 2 aliphatic rings. The van der Waals surface area contributed by atoms with Gasteiger partial charge in [0.2, 0.25) is 0 Å². The minimum Gasteiger partial charge on any atom is -0.502 e. The quantitative estimate of drug-likeness (QED) is 0.233. The van der Waals surface area contributed by atoms with Gasteiger partial charge in [0.1, 0.15) is 6.10 Å². The molecule has 2 rings (SSSR count). The summed E-state index contributed by atoms with van der Waals surface area (Å²) in [7, 11) is 0. The topological polar surface area (TPSA) is 31.0 Å². The third kappa shape index (κ3) is 6.76. The Hall–Kier alpha value is -0.540. The van der Waals surface area contributed by atoms with Crippen LogP contribution < -0.4 is 0 Å². The van der Waals surface area contributed by atoms with Crippen molar-refractivity contribution in [2.75, 3.05) is 19.8 Å². The van der Waals surface area contributed by atoms with Crippen LogP contribution in [0.25, 0.3) is 0 Å². The fraction of sp³-hybridized carbons (Fsp3) is 0.905. The number of ether oxygens (including phenoxy) is 3. The normalized spacial score (nSPS) is 23.6. The molecule has 0 radical (unpaired) electrons. The SMILES string of the molecule is C=COCCCCCCC(CCC)(OCC1CO1)C1CCCCC1. The summed E-state index contributed by atoms with van der Waals surface area (Å²) in [5, 5.41) is 0. The van der Waals surface area contributed by atoms with Crippen molar-refractivity contribution in [1.82, 2.24) is 0 Å². The highest BCUT2D eigenvalue weighted by molar-refractivity contribution is 4.91. The summed E-state index contributed by atoms with van der Waals surface area (Å²) in [5.41, 5.74) is 0.110. The Morgan fingerprint density at radius 2 is 1.83 bits per heavy atom. The molecule has 0 bridgehead atoms. The number of epoxide rings is 1. The van der Waals surface area contributed by atoms with Crippen LogP contribution in [0, 0.1) is 5.92 Å². The van der Waals surface area contributed by atoms with Gasteiger partial charge in [0.25, 0.3) is 0 Å². The number of hydrogen-bond acceptors (Lipinski definition) is 3. The Labute approximate surface area is 149 Å². The van der Waals surface area contributed by atoms with Gasteiger partial charge in [-0.15, -0.1) is 0 Å². The molecule has 0 amide bonds. The summed E-state index contributed by atoms with van der Waals surface area (Å²) >= 11 is 0. The predicted molar refractivity (Wildman–Crippen MR) is 99.1 cm³/mol. The Morgan fingerprint density at radius 1 is 1.08 bits per heavy atom. The van der Waals surface area contributed by atoms with Crippen molar-refractivity contribution in [2.24, 2.45) is 5.92 Å². The Bertz CT molecular complexity index is 334. The molecule has 24 heavy (non-hydrogen) atoms. The van der Waals surface area contributed by atoms with Crippen molar-refractivity contribution >= 4 is 0 Å². The van der Waals surface area contributed by atoms with Gasteiger partial charge in [-0.25, -0.2) is 0 Å². The maximum Gasteiger partial charge on any atom is 0.104 e. The summed E-state index contributed by atoms with van der Waals surface area (Å²) in [5.74, 6) is 0.758. The maximum atomic E-state index is 6.62. The minimum absolute atomic E-state index is 0.110. The molecule has 0 spiro atoms. The van der Waals surface area contributed by atoms with E-state index in [0.29, 0.717) is 6.10 Å². The van der Waals surface area contributed by atoms with Gasteiger partial charge in [-0.1, -0.05) is 58.4 Å². The van der Waals surface area contributed by atoms with Gasteiger partial charge in [-0.2, -0.15) is 0 Å². The number of rotatable bonds is 14. The second kappa shape index (κ2) is 11.1. The van der Waals surface area contributed by atoms with E-state index < -0.39 is 0 Å². The molecule has 3 nitrogen and oxygen atoms in total. The third-order valence-corrected chi connectivity index (χ3v) is 5.71. The molecule has 140 valence electrons. The average Bonchev–Trinajstić information content (AvgIpc) is 3.44. The lowest BCUT2D eigenvalue weighted by molar-refractivity contribution is -0.113. The first kappa shape index (κ1) is 19.8. The highest BCUT2D eigenvalue weighted by atomic mass is 16.6. The van der Waals surface area contributed by atoms with Crippen LogP contribution in [0.4, 0.5) is 0 Å². The third-order valence-electron chi connectivity index (χ3n) is 5.71. The van der Waals surface area contributed by atoms with E-state index in [1.165, 1.54) is 70.6 Å². The minimum atomic E-state index is 0.110. The molecule has 1 heterocycles. The Balaban J connectivity index is 1.82. The zero-order valence-electron chi connectivity index (χ0n) is 15.8. The summed E-state index contributed by atoms with van der Waals surface area (Å²) in [6.07, 6.45) is 17.4. The van der Waals surface area contributed by atoms with E-state index in [1.807, 2.05) is 0 Å². The standard InChI is InChI=1S/C21H38O3/c1-3-14-21(24-18-20-17-23-20,19-12-8-7-9-13-19)15-10-5-6-11-16-22-4-2/h4,19-20H,2-3,5-18H2,1H3. The van der Waals surface area contributed by atoms with Crippen LogP contribution in [0.3, 0.4) is 0 Å². The van der Waals surface area contributed by atoms with E-state index >= 15 is 0 Å². The van der Waals surface area contributed by atoms with Crippen LogP contribution in [0.5, 0.6) is 0 Å². The van der Waals surface area contributed by atoms with E-state index in [1.54, 1.807) is 6.26 Å². The van der Waals surface area contributed by atoms with Crippen molar-refractivity contribution < 1.29 is 14.2 Å². The zero-order chi connectivity index (χ0) is 17.1. The lowest BCUT2D eigenvalue weighted by Crippen LogP contribution is -2.43. The van der Waals surface area contributed by atoms with Crippen molar-refractivity contribution in [3.8, 4) is 0 Å². The van der Waals surface area contributed by atoms with Crippen LogP contribution in [-0.2, 0) is 14.2 Å². The molecule has 1 saturated heterocycles. The van der Waals surface area contributed by atoms with Gasteiger partial charge >= 0.3 is 0 Å². The Kier molecular flexibility index (Phi) is 9.19. The number of unbranched alkanes of at least 4 members (excludes halogenated alkanes) is 3. The average molecular weight is 339 g/mol. The molecular weight excluding hydrogens is 300 g/mol. The van der Waals surface area contributed by atoms with Crippen LogP contribution in [0.1, 0.15) is 84.0 Å². The van der Waals surface area contributed by atoms with Crippen LogP contribution >= 0.6 is 0 Å². The van der Waals surface area contributed by atoms with Crippen LogP contribution in [0.2, 0.25) is 0 Å². The fourth-order valence-electron chi connectivity index (χ4n) is 4.32. The second-order valence-corrected chi connectivity index (χ2v) is 7.62. The lowest BCUT2D eigenvalue weighted by Gasteiger charge is -2.43. The molecule has 0 aromatic rings. The summed E-state index contributed by atoms with van der Waals surface area (Å²) in [6, 6.07) is 0. The zero-order valence-corrected chi connectivity index (χ0v) is 15.8. The van der Waals surface area contributed by atoms with Crippen LogP contribution in [0.15, 0.2) is 12.8 Å². The van der Waals surface area contributed by atoms with Gasteiger partial charge in [-0.05, 0) is 38.0 Å². The maximum absolute atomic E-state index is 6.62. The monoisotopic (exact) mass is 338 g/mol. The predicted octanol–water partition coefficient (Wildman–Crippen LogP) is 5.63. The van der Waals surface area contributed by atoms with Gasteiger partial charge in [-0.3, -0.25) is 0 Å². The highest BCUT2D eigenvalue weighted by Crippen LogP contribution is 2.42. The van der Waals surface area contributed by atoms with Gasteiger partial charge in [0.15, 0.2) is 0 Å².